The number of rotatable bonds is 5. The number of aryl methyl sites for hydroxylation is 1. The molecule has 0 saturated heterocycles. The van der Waals surface area contributed by atoms with Crippen LogP contribution in [0.3, 0.4) is 0 Å². The molecule has 0 aromatic heterocycles. The van der Waals surface area contributed by atoms with Crippen molar-refractivity contribution in [3.8, 4) is 0 Å². The lowest BCUT2D eigenvalue weighted by atomic mass is 10.1. The number of carbonyl (C=O) groups is 2. The maximum atomic E-state index is 13.0. The fourth-order valence-electron chi connectivity index (χ4n) is 3.17. The molecule has 1 heterocycles. The molecule has 1 aliphatic rings. The summed E-state index contributed by atoms with van der Waals surface area (Å²) in [7, 11) is 5.65. The summed E-state index contributed by atoms with van der Waals surface area (Å²) in [6.07, 6.45) is -0.953. The first-order chi connectivity index (χ1) is 14.3. The lowest BCUT2D eigenvalue weighted by molar-refractivity contribution is -0.120. The van der Waals surface area contributed by atoms with E-state index in [-0.39, 0.29) is 5.91 Å². The van der Waals surface area contributed by atoms with Gasteiger partial charge in [-0.25, -0.2) is 4.79 Å². The number of para-hydroxylation sites is 1. The predicted molar refractivity (Wildman–Crippen MR) is 120 cm³/mol. The molecule has 8 heteroatoms. The maximum absolute atomic E-state index is 13.0. The van der Waals surface area contributed by atoms with E-state index in [4.69, 9.17) is 0 Å². The molecule has 0 unspecified atom stereocenters. The molecule has 158 valence electrons. The van der Waals surface area contributed by atoms with Crippen LogP contribution in [0.25, 0.3) is 0 Å². The van der Waals surface area contributed by atoms with Crippen molar-refractivity contribution < 1.29 is 9.59 Å². The second-order valence-electron chi connectivity index (χ2n) is 7.49. The molecule has 0 bridgehead atoms. The van der Waals surface area contributed by atoms with Gasteiger partial charge in [0.05, 0.1) is 12.2 Å². The Hall–Kier alpha value is -3.39. The van der Waals surface area contributed by atoms with E-state index < -0.39 is 12.2 Å². The van der Waals surface area contributed by atoms with E-state index in [9.17, 15) is 9.59 Å². The van der Waals surface area contributed by atoms with Crippen LogP contribution in [0.5, 0.6) is 0 Å². The summed E-state index contributed by atoms with van der Waals surface area (Å²) in [6, 6.07) is 14.5. The van der Waals surface area contributed by atoms with E-state index in [2.05, 4.69) is 20.9 Å². The van der Waals surface area contributed by atoms with E-state index in [0.29, 0.717) is 18.1 Å². The minimum atomic E-state index is -0.953. The Kier molecular flexibility index (Phi) is 6.68. The lowest BCUT2D eigenvalue weighted by Crippen LogP contribution is -2.56. The van der Waals surface area contributed by atoms with Gasteiger partial charge in [-0.2, -0.15) is 0 Å². The van der Waals surface area contributed by atoms with Crippen LogP contribution in [0.4, 0.5) is 16.2 Å². The molecule has 3 N–H and O–H groups in total. The Morgan fingerprint density at radius 3 is 2.70 bits per heavy atom. The molecule has 8 nitrogen and oxygen atoms in total. The molecule has 2 aromatic rings. The number of nitrogens with one attached hydrogen (secondary N) is 3. The fourth-order valence-corrected chi connectivity index (χ4v) is 3.17. The van der Waals surface area contributed by atoms with Crippen molar-refractivity contribution in [2.24, 2.45) is 4.99 Å². The molecular weight excluding hydrogens is 380 g/mol. The smallest absolute Gasteiger partial charge is 0.321 e. The highest BCUT2D eigenvalue weighted by molar-refractivity contribution is 6.13. The third-order valence-electron chi connectivity index (χ3n) is 4.75. The number of aliphatic imine (C=N–C) groups is 1. The van der Waals surface area contributed by atoms with Gasteiger partial charge in [0.1, 0.15) is 5.84 Å². The summed E-state index contributed by atoms with van der Waals surface area (Å²) < 4.78 is 0. The molecule has 0 aliphatic carbocycles. The second kappa shape index (κ2) is 9.41. The monoisotopic (exact) mass is 408 g/mol. The van der Waals surface area contributed by atoms with E-state index in [0.717, 1.165) is 23.4 Å². The Labute approximate surface area is 177 Å². The van der Waals surface area contributed by atoms with Crippen LogP contribution >= 0.6 is 0 Å². The van der Waals surface area contributed by atoms with Crippen molar-refractivity contribution in [3.05, 3.63) is 59.7 Å². The maximum Gasteiger partial charge on any atom is 0.321 e. The van der Waals surface area contributed by atoms with Gasteiger partial charge in [-0.05, 0) is 50.8 Å². The number of benzene rings is 2. The quantitative estimate of drug-likeness (QED) is 0.706. The van der Waals surface area contributed by atoms with Gasteiger partial charge in [-0.15, -0.1) is 0 Å². The number of fused-ring (bicyclic) bond motifs is 1. The number of nitrogens with zero attached hydrogens (tertiary/aromatic N) is 3. The van der Waals surface area contributed by atoms with Crippen molar-refractivity contribution in [1.82, 2.24) is 15.5 Å². The number of amidine groups is 1. The predicted octanol–water partition coefficient (Wildman–Crippen LogP) is 2.02. The largest absolute Gasteiger partial charge is 0.342 e. The molecule has 0 saturated carbocycles. The third kappa shape index (κ3) is 5.15. The van der Waals surface area contributed by atoms with E-state index in [1.165, 1.54) is 4.90 Å². The van der Waals surface area contributed by atoms with Crippen LogP contribution in [0.15, 0.2) is 53.5 Å². The van der Waals surface area contributed by atoms with Gasteiger partial charge in [0.25, 0.3) is 5.91 Å². The molecule has 3 amide bonds. The van der Waals surface area contributed by atoms with Gasteiger partial charge in [-0.3, -0.25) is 9.79 Å². The molecule has 30 heavy (non-hydrogen) atoms. The van der Waals surface area contributed by atoms with Gasteiger partial charge < -0.3 is 25.8 Å². The molecule has 0 spiro atoms. The van der Waals surface area contributed by atoms with Gasteiger partial charge >= 0.3 is 6.03 Å². The summed E-state index contributed by atoms with van der Waals surface area (Å²) in [5.74, 6) is 0.297. The molecule has 1 aliphatic heterocycles. The lowest BCUT2D eigenvalue weighted by Gasteiger charge is -2.22. The number of carbonyl (C=O) groups excluding carboxylic acids is 2. The highest BCUT2D eigenvalue weighted by atomic mass is 16.2. The Balaban J connectivity index is 1.82. The van der Waals surface area contributed by atoms with Crippen LogP contribution in [-0.2, 0) is 4.79 Å². The van der Waals surface area contributed by atoms with Gasteiger partial charge in [0, 0.05) is 24.8 Å². The van der Waals surface area contributed by atoms with Crippen LogP contribution in [0.2, 0.25) is 0 Å². The molecular formula is C22H28N6O2. The first-order valence-corrected chi connectivity index (χ1v) is 9.82. The average Bonchev–Trinajstić information content (AvgIpc) is 2.79. The van der Waals surface area contributed by atoms with Crippen molar-refractivity contribution in [2.45, 2.75) is 13.1 Å². The first kappa shape index (κ1) is 21.3. The van der Waals surface area contributed by atoms with E-state index in [1.807, 2.05) is 68.4 Å². The SMILES string of the molecule is Cc1cccc(NC(=O)N[C@@H]2NC(=NCCN(C)C)c3ccccc3N(C)C2=O)c1. The van der Waals surface area contributed by atoms with Crippen LogP contribution in [0, 0.1) is 6.92 Å². The summed E-state index contributed by atoms with van der Waals surface area (Å²) in [6.45, 7) is 3.27. The Morgan fingerprint density at radius 1 is 1.20 bits per heavy atom. The summed E-state index contributed by atoms with van der Waals surface area (Å²) in [4.78, 5) is 33.8. The standard InChI is InChI=1S/C22H28N6O2/c1-15-8-7-9-16(14-15)24-22(30)26-20-21(29)28(4)18-11-6-5-10-17(18)19(25-20)23-12-13-27(2)3/h5-11,14,20H,12-13H2,1-4H3,(H,23,25)(H2,24,26,30)/t20-/m0/s1. The third-order valence-corrected chi connectivity index (χ3v) is 4.75. The van der Waals surface area contributed by atoms with Gasteiger partial charge in [0.15, 0.2) is 6.17 Å². The average molecular weight is 409 g/mol. The van der Waals surface area contributed by atoms with Crippen molar-refractivity contribution in [1.29, 1.82) is 0 Å². The zero-order valence-corrected chi connectivity index (χ0v) is 17.8. The fraction of sp³-hybridized carbons (Fsp3) is 0.318. The van der Waals surface area contributed by atoms with Crippen molar-refractivity contribution >= 4 is 29.1 Å². The second-order valence-corrected chi connectivity index (χ2v) is 7.49. The molecule has 2 aromatic carbocycles. The van der Waals surface area contributed by atoms with Crippen LogP contribution in [0.1, 0.15) is 11.1 Å². The molecule has 0 radical (unpaired) electrons. The van der Waals surface area contributed by atoms with Gasteiger partial charge in [-0.1, -0.05) is 24.3 Å². The number of urea groups is 1. The zero-order valence-electron chi connectivity index (χ0n) is 17.8. The number of anilines is 2. The molecule has 3 rings (SSSR count). The van der Waals surface area contributed by atoms with Gasteiger partial charge in [0.2, 0.25) is 0 Å². The number of likely N-dealkylation sites (N-methyl/N-ethyl adjacent to an activating group) is 2. The minimum Gasteiger partial charge on any atom is -0.342 e. The summed E-state index contributed by atoms with van der Waals surface area (Å²) in [5, 5.41) is 8.62. The molecule has 0 fully saturated rings. The zero-order chi connectivity index (χ0) is 21.7. The molecule has 1 atom stereocenters. The highest BCUT2D eigenvalue weighted by Gasteiger charge is 2.31. The minimum absolute atomic E-state index is 0.278. The van der Waals surface area contributed by atoms with E-state index in [1.54, 1.807) is 13.1 Å². The van der Waals surface area contributed by atoms with Crippen LogP contribution < -0.4 is 20.9 Å². The normalized spacial score (nSPS) is 17.4. The first-order valence-electron chi connectivity index (χ1n) is 9.82. The van der Waals surface area contributed by atoms with Crippen molar-refractivity contribution in [3.63, 3.8) is 0 Å². The number of amides is 3. The number of hydrogen-bond donors (Lipinski definition) is 3. The Morgan fingerprint density at radius 2 is 1.97 bits per heavy atom. The number of hydrogen-bond acceptors (Lipinski definition) is 4. The summed E-state index contributed by atoms with van der Waals surface area (Å²) >= 11 is 0. The van der Waals surface area contributed by atoms with Crippen LogP contribution in [-0.4, -0.2) is 63.1 Å². The highest BCUT2D eigenvalue weighted by Crippen LogP contribution is 2.23. The van der Waals surface area contributed by atoms with Crippen molar-refractivity contribution in [2.75, 3.05) is 44.4 Å². The summed E-state index contributed by atoms with van der Waals surface area (Å²) in [5.41, 5.74) is 3.24. The topological polar surface area (TPSA) is 89.1 Å². The Bertz CT molecular complexity index is 956. The van der Waals surface area contributed by atoms with E-state index >= 15 is 0 Å².